The minimum Gasteiger partial charge on any atom is -0.378 e. The summed E-state index contributed by atoms with van der Waals surface area (Å²) in [5.74, 6) is 0. The van der Waals surface area contributed by atoms with Crippen LogP contribution in [0.15, 0.2) is 0 Å². The molecule has 1 aliphatic rings. The van der Waals surface area contributed by atoms with Gasteiger partial charge in [0.15, 0.2) is 0 Å². The predicted molar refractivity (Wildman–Crippen MR) is 66.8 cm³/mol. The topological polar surface area (TPSA) is 30.5 Å². The van der Waals surface area contributed by atoms with E-state index in [0.29, 0.717) is 18.2 Å². The molecule has 1 N–H and O–H groups in total. The summed E-state index contributed by atoms with van der Waals surface area (Å²) in [6.07, 6.45) is 5.49. The third-order valence-electron chi connectivity index (χ3n) is 3.12. The summed E-state index contributed by atoms with van der Waals surface area (Å²) >= 11 is 0. The van der Waals surface area contributed by atoms with Crippen molar-refractivity contribution in [3.8, 4) is 0 Å². The van der Waals surface area contributed by atoms with Crippen LogP contribution in [0, 0.1) is 0 Å². The van der Waals surface area contributed by atoms with Crippen molar-refractivity contribution in [2.24, 2.45) is 0 Å². The summed E-state index contributed by atoms with van der Waals surface area (Å²) in [5.41, 5.74) is 0. The SMILES string of the molecule is CCCC1CC(NCC(C)OCC)CCO1. The van der Waals surface area contributed by atoms with Crippen LogP contribution in [0.4, 0.5) is 0 Å². The Hall–Kier alpha value is -0.120. The number of hydrogen-bond acceptors (Lipinski definition) is 3. The molecule has 0 aromatic heterocycles. The molecular formula is C13H27NO2. The largest absolute Gasteiger partial charge is 0.378 e. The normalized spacial score (nSPS) is 27.9. The Balaban J connectivity index is 2.16. The standard InChI is InChI=1S/C13H27NO2/c1-4-6-13-9-12(7-8-16-13)14-10-11(3)15-5-2/h11-14H,4-10H2,1-3H3. The van der Waals surface area contributed by atoms with E-state index < -0.39 is 0 Å². The second kappa shape index (κ2) is 8.04. The first-order valence-corrected chi connectivity index (χ1v) is 6.72. The van der Waals surface area contributed by atoms with Crippen LogP contribution in [0.2, 0.25) is 0 Å². The quantitative estimate of drug-likeness (QED) is 0.727. The van der Waals surface area contributed by atoms with E-state index in [-0.39, 0.29) is 0 Å². The van der Waals surface area contributed by atoms with E-state index in [2.05, 4.69) is 19.2 Å². The van der Waals surface area contributed by atoms with Gasteiger partial charge in [0.25, 0.3) is 0 Å². The molecule has 3 heteroatoms. The molecule has 0 aromatic rings. The molecule has 0 spiro atoms. The zero-order valence-electron chi connectivity index (χ0n) is 11.0. The van der Waals surface area contributed by atoms with Crippen LogP contribution in [0.1, 0.15) is 46.5 Å². The third kappa shape index (κ3) is 5.28. The van der Waals surface area contributed by atoms with Crippen LogP contribution in [0.5, 0.6) is 0 Å². The van der Waals surface area contributed by atoms with Gasteiger partial charge in [-0.3, -0.25) is 0 Å². The third-order valence-corrected chi connectivity index (χ3v) is 3.12. The highest BCUT2D eigenvalue weighted by molar-refractivity contribution is 4.77. The van der Waals surface area contributed by atoms with Crippen molar-refractivity contribution in [2.45, 2.75) is 64.7 Å². The molecule has 16 heavy (non-hydrogen) atoms. The zero-order valence-corrected chi connectivity index (χ0v) is 11.0. The van der Waals surface area contributed by atoms with Gasteiger partial charge in [-0.05, 0) is 33.1 Å². The van der Waals surface area contributed by atoms with Crippen molar-refractivity contribution in [3.05, 3.63) is 0 Å². The highest BCUT2D eigenvalue weighted by atomic mass is 16.5. The molecule has 1 saturated heterocycles. The van der Waals surface area contributed by atoms with Crippen LogP contribution in [0.3, 0.4) is 0 Å². The Morgan fingerprint density at radius 2 is 2.25 bits per heavy atom. The number of ether oxygens (including phenoxy) is 2. The fourth-order valence-electron chi connectivity index (χ4n) is 2.26. The van der Waals surface area contributed by atoms with Gasteiger partial charge >= 0.3 is 0 Å². The van der Waals surface area contributed by atoms with Gasteiger partial charge in [-0.1, -0.05) is 13.3 Å². The Labute approximate surface area is 99.9 Å². The van der Waals surface area contributed by atoms with Gasteiger partial charge in [-0.2, -0.15) is 0 Å². The molecular weight excluding hydrogens is 202 g/mol. The van der Waals surface area contributed by atoms with E-state index in [0.717, 1.165) is 32.6 Å². The highest BCUT2D eigenvalue weighted by Gasteiger charge is 2.21. The first-order chi connectivity index (χ1) is 7.76. The van der Waals surface area contributed by atoms with Crippen molar-refractivity contribution in [3.63, 3.8) is 0 Å². The maximum absolute atomic E-state index is 5.73. The maximum Gasteiger partial charge on any atom is 0.0671 e. The molecule has 1 heterocycles. The Morgan fingerprint density at radius 1 is 1.44 bits per heavy atom. The van der Waals surface area contributed by atoms with Crippen molar-refractivity contribution < 1.29 is 9.47 Å². The molecule has 0 aliphatic carbocycles. The summed E-state index contributed by atoms with van der Waals surface area (Å²) in [6, 6.07) is 0.619. The van der Waals surface area contributed by atoms with Crippen LogP contribution in [-0.4, -0.2) is 38.0 Å². The van der Waals surface area contributed by atoms with Gasteiger partial charge in [0.1, 0.15) is 0 Å². The molecule has 3 atom stereocenters. The minimum absolute atomic E-state index is 0.317. The van der Waals surface area contributed by atoms with E-state index in [9.17, 15) is 0 Å². The summed E-state index contributed by atoms with van der Waals surface area (Å²) in [4.78, 5) is 0. The van der Waals surface area contributed by atoms with Crippen LogP contribution in [0.25, 0.3) is 0 Å². The van der Waals surface area contributed by atoms with E-state index in [4.69, 9.17) is 9.47 Å². The van der Waals surface area contributed by atoms with E-state index in [1.54, 1.807) is 0 Å². The van der Waals surface area contributed by atoms with Gasteiger partial charge in [0, 0.05) is 25.8 Å². The highest BCUT2D eigenvalue weighted by Crippen LogP contribution is 2.17. The average molecular weight is 229 g/mol. The lowest BCUT2D eigenvalue weighted by molar-refractivity contribution is -0.00678. The lowest BCUT2D eigenvalue weighted by Crippen LogP contribution is -2.42. The Kier molecular flexibility index (Phi) is 7.01. The van der Waals surface area contributed by atoms with E-state index >= 15 is 0 Å². The number of hydrogen-bond donors (Lipinski definition) is 1. The molecule has 3 unspecified atom stereocenters. The van der Waals surface area contributed by atoms with Gasteiger partial charge < -0.3 is 14.8 Å². The van der Waals surface area contributed by atoms with Gasteiger partial charge in [0.2, 0.25) is 0 Å². The zero-order chi connectivity index (χ0) is 11.8. The van der Waals surface area contributed by atoms with Crippen LogP contribution in [-0.2, 0) is 9.47 Å². The lowest BCUT2D eigenvalue weighted by atomic mass is 10.00. The van der Waals surface area contributed by atoms with Gasteiger partial charge in [-0.25, -0.2) is 0 Å². The summed E-state index contributed by atoms with van der Waals surface area (Å²) in [7, 11) is 0. The number of rotatable bonds is 7. The number of nitrogens with one attached hydrogen (secondary N) is 1. The second-order valence-corrected chi connectivity index (χ2v) is 4.68. The molecule has 0 saturated carbocycles. The van der Waals surface area contributed by atoms with Crippen molar-refractivity contribution in [1.29, 1.82) is 0 Å². The molecule has 0 bridgehead atoms. The summed E-state index contributed by atoms with van der Waals surface area (Å²) in [6.45, 7) is 9.05. The molecule has 96 valence electrons. The molecule has 1 aliphatic heterocycles. The van der Waals surface area contributed by atoms with Crippen LogP contribution >= 0.6 is 0 Å². The molecule has 3 nitrogen and oxygen atoms in total. The van der Waals surface area contributed by atoms with Gasteiger partial charge in [-0.15, -0.1) is 0 Å². The van der Waals surface area contributed by atoms with Crippen molar-refractivity contribution in [2.75, 3.05) is 19.8 Å². The Morgan fingerprint density at radius 3 is 2.94 bits per heavy atom. The van der Waals surface area contributed by atoms with Crippen LogP contribution < -0.4 is 5.32 Å². The smallest absolute Gasteiger partial charge is 0.0671 e. The fourth-order valence-corrected chi connectivity index (χ4v) is 2.26. The second-order valence-electron chi connectivity index (χ2n) is 4.68. The fraction of sp³-hybridized carbons (Fsp3) is 1.00. The first kappa shape index (κ1) is 13.9. The predicted octanol–water partition coefficient (Wildman–Crippen LogP) is 2.35. The summed E-state index contributed by atoms with van der Waals surface area (Å²) < 4.78 is 11.2. The van der Waals surface area contributed by atoms with Gasteiger partial charge in [0.05, 0.1) is 12.2 Å². The van der Waals surface area contributed by atoms with E-state index in [1.165, 1.54) is 12.8 Å². The lowest BCUT2D eigenvalue weighted by Gasteiger charge is -2.30. The first-order valence-electron chi connectivity index (χ1n) is 6.72. The molecule has 0 radical (unpaired) electrons. The molecule has 0 aromatic carbocycles. The maximum atomic E-state index is 5.73. The molecule has 1 fully saturated rings. The average Bonchev–Trinajstić information content (AvgIpc) is 2.28. The van der Waals surface area contributed by atoms with Crippen molar-refractivity contribution in [1.82, 2.24) is 5.32 Å². The molecule has 1 rings (SSSR count). The minimum atomic E-state index is 0.317. The summed E-state index contributed by atoms with van der Waals surface area (Å²) in [5, 5.41) is 3.59. The molecule has 0 amide bonds. The monoisotopic (exact) mass is 229 g/mol. The van der Waals surface area contributed by atoms with E-state index in [1.807, 2.05) is 6.92 Å². The Bertz CT molecular complexity index is 173. The van der Waals surface area contributed by atoms with Crippen molar-refractivity contribution >= 4 is 0 Å².